The fourth-order valence-corrected chi connectivity index (χ4v) is 7.96. The molecule has 208 valence electrons. The van der Waals surface area contributed by atoms with Gasteiger partial charge in [0.2, 0.25) is 0 Å². The summed E-state index contributed by atoms with van der Waals surface area (Å²) >= 11 is 0. The van der Waals surface area contributed by atoms with Gasteiger partial charge in [-0.05, 0) is 123 Å². The summed E-state index contributed by atoms with van der Waals surface area (Å²) in [5.41, 5.74) is 4.65. The monoisotopic (exact) mass is 530 g/mol. The quantitative estimate of drug-likeness (QED) is 0.175. The number of esters is 1. The highest BCUT2D eigenvalue weighted by Gasteiger charge is 2.52. The highest BCUT2D eigenvalue weighted by atomic mass is 16.6. The molecule has 0 unspecified atom stereocenters. The third-order valence-electron chi connectivity index (χ3n) is 9.09. The van der Waals surface area contributed by atoms with Crippen LogP contribution in [0, 0.1) is 17.8 Å². The van der Waals surface area contributed by atoms with Crippen LogP contribution in [0.15, 0.2) is 55.1 Å². The van der Waals surface area contributed by atoms with Crippen LogP contribution >= 0.6 is 0 Å². The first kappa shape index (κ1) is 27.5. The predicted molar refractivity (Wildman–Crippen MR) is 153 cm³/mol. The van der Waals surface area contributed by atoms with Gasteiger partial charge in [0, 0.05) is 18.9 Å². The van der Waals surface area contributed by atoms with E-state index >= 15 is 0 Å². The molecule has 4 aliphatic rings. The minimum absolute atomic E-state index is 0.185. The second kappa shape index (κ2) is 11.2. The lowest BCUT2D eigenvalue weighted by Gasteiger charge is -2.57. The Morgan fingerprint density at radius 1 is 1.00 bits per heavy atom. The zero-order valence-electron chi connectivity index (χ0n) is 23.4. The standard InChI is InChI=1S/C34H42O5/c1-4-32(37)39-33(2,3)19-23-8-10-27(11-9-23)29-13-12-28(38-14-6-5-7-31(35)36)18-30(29)34-20-24-15-25(21-34)17-26(16-24)22-34/h4,8-13,18,24-26H,1,5-7,14-17,19-22H2,2-3H3,(H,35,36). The maximum absolute atomic E-state index is 11.7. The molecule has 0 saturated heterocycles. The van der Waals surface area contributed by atoms with E-state index in [4.69, 9.17) is 14.6 Å². The number of rotatable bonds is 12. The summed E-state index contributed by atoms with van der Waals surface area (Å²) in [6.45, 7) is 7.89. The number of hydrogen-bond donors (Lipinski definition) is 1. The first-order chi connectivity index (χ1) is 18.6. The Morgan fingerprint density at radius 3 is 2.23 bits per heavy atom. The minimum Gasteiger partial charge on any atom is -0.494 e. The molecule has 0 heterocycles. The van der Waals surface area contributed by atoms with E-state index in [9.17, 15) is 9.59 Å². The van der Waals surface area contributed by atoms with Crippen molar-refractivity contribution in [3.8, 4) is 16.9 Å². The molecule has 4 fully saturated rings. The molecule has 0 aromatic heterocycles. The van der Waals surface area contributed by atoms with Crippen molar-refractivity contribution in [2.24, 2.45) is 17.8 Å². The number of carboxylic acids is 1. The van der Waals surface area contributed by atoms with Gasteiger partial charge in [0.05, 0.1) is 6.61 Å². The van der Waals surface area contributed by atoms with Crippen molar-refractivity contribution in [2.45, 2.75) is 89.1 Å². The Bertz CT molecular complexity index is 1170. The van der Waals surface area contributed by atoms with Crippen LogP contribution in [0.3, 0.4) is 0 Å². The van der Waals surface area contributed by atoms with E-state index in [1.165, 1.54) is 61.3 Å². The Balaban J connectivity index is 1.40. The van der Waals surface area contributed by atoms with E-state index in [2.05, 4.69) is 49.0 Å². The molecule has 0 radical (unpaired) electrons. The second-order valence-electron chi connectivity index (χ2n) is 12.9. The van der Waals surface area contributed by atoms with E-state index in [1.54, 1.807) is 0 Å². The van der Waals surface area contributed by atoms with Crippen LogP contribution in [-0.4, -0.2) is 29.3 Å². The average Bonchev–Trinajstić information content (AvgIpc) is 2.87. The van der Waals surface area contributed by atoms with Crippen molar-refractivity contribution in [3.63, 3.8) is 0 Å². The molecular formula is C34H42O5. The summed E-state index contributed by atoms with van der Waals surface area (Å²) in [5.74, 6) is 2.26. The summed E-state index contributed by atoms with van der Waals surface area (Å²) in [7, 11) is 0. The van der Waals surface area contributed by atoms with Gasteiger partial charge in [-0.15, -0.1) is 0 Å². The topological polar surface area (TPSA) is 72.8 Å². The van der Waals surface area contributed by atoms with Gasteiger partial charge in [-0.1, -0.05) is 36.9 Å². The first-order valence-corrected chi connectivity index (χ1v) is 14.6. The molecule has 1 N–H and O–H groups in total. The van der Waals surface area contributed by atoms with E-state index in [1.807, 2.05) is 13.8 Å². The van der Waals surface area contributed by atoms with Crippen molar-refractivity contribution < 1.29 is 24.2 Å². The summed E-state index contributed by atoms with van der Waals surface area (Å²) < 4.78 is 11.7. The molecule has 2 aromatic carbocycles. The van der Waals surface area contributed by atoms with Gasteiger partial charge in [0.15, 0.2) is 0 Å². The Hall–Kier alpha value is -3.08. The summed E-state index contributed by atoms with van der Waals surface area (Å²) in [6, 6.07) is 15.3. The van der Waals surface area contributed by atoms with E-state index in [-0.39, 0.29) is 11.8 Å². The van der Waals surface area contributed by atoms with Gasteiger partial charge in [-0.25, -0.2) is 4.79 Å². The Labute approximate surface area is 232 Å². The molecule has 4 bridgehead atoms. The van der Waals surface area contributed by atoms with E-state index in [0.717, 1.165) is 35.5 Å². The van der Waals surface area contributed by atoms with Crippen LogP contribution in [0.4, 0.5) is 0 Å². The van der Waals surface area contributed by atoms with Gasteiger partial charge in [-0.2, -0.15) is 0 Å². The van der Waals surface area contributed by atoms with Crippen LogP contribution < -0.4 is 4.74 Å². The number of carbonyl (C=O) groups is 2. The van der Waals surface area contributed by atoms with Crippen molar-refractivity contribution in [3.05, 3.63) is 66.2 Å². The van der Waals surface area contributed by atoms with E-state index in [0.29, 0.717) is 19.4 Å². The lowest BCUT2D eigenvalue weighted by Crippen LogP contribution is -2.48. The van der Waals surface area contributed by atoms with Crippen molar-refractivity contribution in [1.82, 2.24) is 0 Å². The number of aliphatic carboxylic acids is 1. The first-order valence-electron chi connectivity index (χ1n) is 14.6. The smallest absolute Gasteiger partial charge is 0.330 e. The molecule has 4 saturated carbocycles. The van der Waals surface area contributed by atoms with Crippen LogP contribution in [0.1, 0.15) is 82.8 Å². The van der Waals surface area contributed by atoms with Gasteiger partial charge < -0.3 is 14.6 Å². The van der Waals surface area contributed by atoms with Gasteiger partial charge in [0.25, 0.3) is 0 Å². The molecule has 6 rings (SSSR count). The van der Waals surface area contributed by atoms with Gasteiger partial charge in [0.1, 0.15) is 11.4 Å². The highest BCUT2D eigenvalue weighted by molar-refractivity contribution is 5.81. The zero-order chi connectivity index (χ0) is 27.6. The van der Waals surface area contributed by atoms with E-state index < -0.39 is 17.5 Å². The van der Waals surface area contributed by atoms with Crippen LogP contribution in [0.25, 0.3) is 11.1 Å². The molecule has 0 aliphatic heterocycles. The summed E-state index contributed by atoms with van der Waals surface area (Å²) in [5, 5.41) is 8.91. The minimum atomic E-state index is -0.754. The lowest BCUT2D eigenvalue weighted by atomic mass is 9.47. The third-order valence-corrected chi connectivity index (χ3v) is 9.09. The zero-order valence-corrected chi connectivity index (χ0v) is 23.4. The van der Waals surface area contributed by atoms with Gasteiger partial charge >= 0.3 is 11.9 Å². The summed E-state index contributed by atoms with van der Waals surface area (Å²) in [4.78, 5) is 22.6. The number of unbranched alkanes of at least 4 members (excludes halogenated alkanes) is 1. The van der Waals surface area contributed by atoms with Crippen molar-refractivity contribution in [2.75, 3.05) is 6.61 Å². The molecular weight excluding hydrogens is 488 g/mol. The van der Waals surface area contributed by atoms with Crippen LogP contribution in [-0.2, 0) is 26.2 Å². The van der Waals surface area contributed by atoms with Crippen LogP contribution in [0.2, 0.25) is 0 Å². The van der Waals surface area contributed by atoms with Crippen LogP contribution in [0.5, 0.6) is 5.75 Å². The van der Waals surface area contributed by atoms with Gasteiger partial charge in [-0.3, -0.25) is 4.79 Å². The fourth-order valence-electron chi connectivity index (χ4n) is 7.96. The maximum Gasteiger partial charge on any atom is 0.330 e. The molecule has 2 aromatic rings. The number of carbonyl (C=O) groups excluding carboxylic acids is 1. The average molecular weight is 531 g/mol. The molecule has 5 heteroatoms. The largest absolute Gasteiger partial charge is 0.494 e. The number of carboxylic acid groups (broad SMARTS) is 1. The highest BCUT2D eigenvalue weighted by Crippen LogP contribution is 2.62. The predicted octanol–water partition coefficient (Wildman–Crippen LogP) is 7.51. The maximum atomic E-state index is 11.7. The van der Waals surface area contributed by atoms with Crippen molar-refractivity contribution >= 4 is 11.9 Å². The normalized spacial score (nSPS) is 25.3. The number of benzene rings is 2. The fraction of sp³-hybridized carbons (Fsp3) is 0.529. The Morgan fingerprint density at radius 2 is 1.64 bits per heavy atom. The lowest BCUT2D eigenvalue weighted by molar-refractivity contribution is -0.150. The third kappa shape index (κ3) is 6.40. The molecule has 4 aliphatic carbocycles. The Kier molecular flexibility index (Phi) is 7.89. The number of ether oxygens (including phenoxy) is 2. The summed E-state index contributed by atoms with van der Waals surface area (Å²) in [6.07, 6.45) is 11.4. The SMILES string of the molecule is C=CC(=O)OC(C)(C)Cc1ccc(-c2ccc(OCCCCC(=O)O)cc2C23CC4CC(CC(C4)C2)C3)cc1. The molecule has 0 spiro atoms. The molecule has 5 nitrogen and oxygen atoms in total. The number of hydrogen-bond acceptors (Lipinski definition) is 4. The van der Waals surface area contributed by atoms with Crippen molar-refractivity contribution in [1.29, 1.82) is 0 Å². The second-order valence-corrected chi connectivity index (χ2v) is 12.9. The molecule has 39 heavy (non-hydrogen) atoms. The molecule has 0 atom stereocenters. The molecule has 0 amide bonds.